The molecule has 242 valence electrons. The topological polar surface area (TPSA) is 70.2 Å². The number of hydrogen-bond acceptors (Lipinski definition) is 4. The summed E-state index contributed by atoms with van der Waals surface area (Å²) in [5, 5.41) is 6.72. The molecule has 0 heterocycles. The minimum atomic E-state index is -0.282. The highest BCUT2D eigenvalue weighted by atomic mass is 32.2. The normalized spacial score (nSPS) is 17.8. The second kappa shape index (κ2) is 16.7. The SMILES string of the molecule is CCC(CC)CC1(C(=O)Nc2ccccc2NSc2ccccc2NC(=O)C2(CC(CC)CC)CCCCC2)CCCCC1. The Labute approximate surface area is 271 Å². The van der Waals surface area contributed by atoms with Gasteiger partial charge >= 0.3 is 0 Å². The first-order chi connectivity index (χ1) is 21.4. The van der Waals surface area contributed by atoms with Gasteiger partial charge in [0.15, 0.2) is 0 Å². The van der Waals surface area contributed by atoms with Gasteiger partial charge in [0.2, 0.25) is 11.8 Å². The van der Waals surface area contributed by atoms with Crippen molar-refractivity contribution in [3.8, 4) is 0 Å². The second-order valence-electron chi connectivity index (χ2n) is 13.6. The van der Waals surface area contributed by atoms with Crippen LogP contribution < -0.4 is 15.4 Å². The Morgan fingerprint density at radius 1 is 0.614 bits per heavy atom. The van der Waals surface area contributed by atoms with E-state index in [1.54, 1.807) is 0 Å². The Morgan fingerprint density at radius 2 is 1.02 bits per heavy atom. The third kappa shape index (κ3) is 8.62. The molecule has 0 spiro atoms. The summed E-state index contributed by atoms with van der Waals surface area (Å²) in [6.07, 6.45) is 17.3. The van der Waals surface area contributed by atoms with Gasteiger partial charge in [0.1, 0.15) is 0 Å². The maximum absolute atomic E-state index is 14.0. The molecule has 4 rings (SSSR count). The van der Waals surface area contributed by atoms with Crippen LogP contribution in [0.15, 0.2) is 53.4 Å². The zero-order chi connectivity index (χ0) is 31.4. The molecule has 0 atom stereocenters. The molecule has 0 radical (unpaired) electrons. The second-order valence-corrected chi connectivity index (χ2v) is 14.5. The van der Waals surface area contributed by atoms with Crippen LogP contribution in [0.2, 0.25) is 0 Å². The number of benzene rings is 2. The van der Waals surface area contributed by atoms with Gasteiger partial charge in [-0.1, -0.05) is 116 Å². The van der Waals surface area contributed by atoms with Gasteiger partial charge in [-0.3, -0.25) is 9.59 Å². The lowest BCUT2D eigenvalue weighted by Gasteiger charge is -2.38. The van der Waals surface area contributed by atoms with Crippen molar-refractivity contribution in [2.24, 2.45) is 22.7 Å². The number of rotatable bonds is 15. The zero-order valence-corrected chi connectivity index (χ0v) is 28.6. The van der Waals surface area contributed by atoms with Crippen molar-refractivity contribution in [3.63, 3.8) is 0 Å². The van der Waals surface area contributed by atoms with Gasteiger partial charge in [0.05, 0.1) is 22.0 Å². The van der Waals surface area contributed by atoms with E-state index in [9.17, 15) is 9.59 Å². The Balaban J connectivity index is 1.48. The molecule has 3 N–H and O–H groups in total. The largest absolute Gasteiger partial charge is 0.325 e. The number of hydrogen-bond donors (Lipinski definition) is 3. The molecule has 2 fully saturated rings. The number of carbonyl (C=O) groups is 2. The van der Waals surface area contributed by atoms with E-state index in [1.807, 2.05) is 42.5 Å². The molecule has 0 unspecified atom stereocenters. The van der Waals surface area contributed by atoms with Crippen LogP contribution in [0.1, 0.15) is 130 Å². The number of carbonyl (C=O) groups excluding carboxylic acids is 2. The standard InChI is InChI=1S/C38H57N3O2S/c1-5-29(6-2)27-37(23-15-9-16-24-37)35(42)39-31-19-11-12-20-32(31)41-44-34-22-14-13-21-33(34)40-36(43)38(25-17-10-18-26-38)28-30(7-3)8-4/h11-14,19-22,29-30,41H,5-10,15-18,23-28H2,1-4H3,(H,39,42)(H,40,43). The third-order valence-corrected chi connectivity index (χ3v) is 11.7. The van der Waals surface area contributed by atoms with E-state index < -0.39 is 0 Å². The lowest BCUT2D eigenvalue weighted by molar-refractivity contribution is -0.129. The molecule has 2 aromatic rings. The summed E-state index contributed by atoms with van der Waals surface area (Å²) in [5.41, 5.74) is 1.97. The predicted molar refractivity (Wildman–Crippen MR) is 188 cm³/mol. The van der Waals surface area contributed by atoms with Gasteiger partial charge in [-0.15, -0.1) is 0 Å². The first kappa shape index (κ1) is 34.4. The quantitative estimate of drug-likeness (QED) is 0.173. The highest BCUT2D eigenvalue weighted by Crippen LogP contribution is 2.46. The zero-order valence-electron chi connectivity index (χ0n) is 27.8. The minimum absolute atomic E-state index is 0.172. The summed E-state index contributed by atoms with van der Waals surface area (Å²) < 4.78 is 3.52. The van der Waals surface area contributed by atoms with Crippen molar-refractivity contribution >= 4 is 40.8 Å². The predicted octanol–water partition coefficient (Wildman–Crippen LogP) is 11.2. The minimum Gasteiger partial charge on any atom is -0.325 e. The average Bonchev–Trinajstić information content (AvgIpc) is 3.07. The lowest BCUT2D eigenvalue weighted by atomic mass is 9.67. The van der Waals surface area contributed by atoms with E-state index in [2.05, 4.69) is 49.1 Å². The summed E-state index contributed by atoms with van der Waals surface area (Å²) in [7, 11) is 0. The van der Waals surface area contributed by atoms with E-state index in [-0.39, 0.29) is 22.6 Å². The lowest BCUT2D eigenvalue weighted by Crippen LogP contribution is -2.39. The van der Waals surface area contributed by atoms with Crippen molar-refractivity contribution in [1.29, 1.82) is 0 Å². The van der Waals surface area contributed by atoms with Crippen molar-refractivity contribution < 1.29 is 9.59 Å². The van der Waals surface area contributed by atoms with Gasteiger partial charge in [0, 0.05) is 10.8 Å². The van der Waals surface area contributed by atoms with Gasteiger partial charge in [0.25, 0.3) is 0 Å². The van der Waals surface area contributed by atoms with Crippen molar-refractivity contribution in [1.82, 2.24) is 0 Å². The molecule has 0 aromatic heterocycles. The van der Waals surface area contributed by atoms with E-state index >= 15 is 0 Å². The number of para-hydroxylation sites is 3. The fourth-order valence-electron chi connectivity index (χ4n) is 7.72. The molecule has 0 bridgehead atoms. The summed E-state index contributed by atoms with van der Waals surface area (Å²) in [5.74, 6) is 1.52. The van der Waals surface area contributed by atoms with Crippen LogP contribution in [-0.2, 0) is 9.59 Å². The molecule has 44 heavy (non-hydrogen) atoms. The Hall–Kier alpha value is -2.47. The molecule has 5 nitrogen and oxygen atoms in total. The van der Waals surface area contributed by atoms with Crippen molar-refractivity contribution in [3.05, 3.63) is 48.5 Å². The highest BCUT2D eigenvalue weighted by Gasteiger charge is 2.42. The molecule has 2 amide bonds. The molecule has 2 aliphatic rings. The molecular formula is C38H57N3O2S. The van der Waals surface area contributed by atoms with Crippen LogP contribution in [0.4, 0.5) is 17.1 Å². The maximum Gasteiger partial charge on any atom is 0.230 e. The summed E-state index contributed by atoms with van der Waals surface area (Å²) >= 11 is 1.49. The Morgan fingerprint density at radius 3 is 1.50 bits per heavy atom. The smallest absolute Gasteiger partial charge is 0.230 e. The summed E-state index contributed by atoms with van der Waals surface area (Å²) in [6, 6.07) is 16.1. The third-order valence-electron chi connectivity index (χ3n) is 10.8. The molecule has 2 saturated carbocycles. The summed E-state index contributed by atoms with van der Waals surface area (Å²) in [6.45, 7) is 9.01. The van der Waals surface area contributed by atoms with E-state index in [4.69, 9.17) is 0 Å². The van der Waals surface area contributed by atoms with Crippen molar-refractivity contribution in [2.75, 3.05) is 15.4 Å². The van der Waals surface area contributed by atoms with Crippen LogP contribution in [0.25, 0.3) is 0 Å². The van der Waals surface area contributed by atoms with Crippen LogP contribution in [-0.4, -0.2) is 11.8 Å². The maximum atomic E-state index is 14.0. The van der Waals surface area contributed by atoms with Crippen LogP contribution >= 0.6 is 11.9 Å². The average molecular weight is 620 g/mol. The first-order valence-corrected chi connectivity index (χ1v) is 18.4. The van der Waals surface area contributed by atoms with Crippen LogP contribution in [0.5, 0.6) is 0 Å². The molecule has 2 aliphatic carbocycles. The number of amides is 2. The van der Waals surface area contributed by atoms with Gasteiger partial charge in [-0.25, -0.2) is 0 Å². The molecule has 0 aliphatic heterocycles. The van der Waals surface area contributed by atoms with Gasteiger partial charge in [-0.05, 0) is 86.6 Å². The number of nitrogens with one attached hydrogen (secondary N) is 3. The summed E-state index contributed by atoms with van der Waals surface area (Å²) in [4.78, 5) is 28.9. The van der Waals surface area contributed by atoms with Crippen molar-refractivity contribution in [2.45, 2.75) is 135 Å². The Kier molecular flexibility index (Phi) is 13.1. The monoisotopic (exact) mass is 619 g/mol. The highest BCUT2D eigenvalue weighted by molar-refractivity contribution is 8.00. The Bertz CT molecular complexity index is 1100. The first-order valence-electron chi connectivity index (χ1n) is 17.6. The van der Waals surface area contributed by atoms with E-state index in [1.165, 1.54) is 24.8 Å². The van der Waals surface area contributed by atoms with Gasteiger partial charge < -0.3 is 15.4 Å². The van der Waals surface area contributed by atoms with Crippen LogP contribution in [0, 0.1) is 22.7 Å². The fourth-order valence-corrected chi connectivity index (χ4v) is 8.50. The van der Waals surface area contributed by atoms with E-state index in [0.29, 0.717) is 11.8 Å². The molecule has 0 saturated heterocycles. The fraction of sp³-hybridized carbons (Fsp3) is 0.632. The number of anilines is 3. The van der Waals surface area contributed by atoms with Gasteiger partial charge in [-0.2, -0.15) is 0 Å². The van der Waals surface area contributed by atoms with Crippen LogP contribution in [0.3, 0.4) is 0 Å². The molecule has 2 aromatic carbocycles. The molecule has 6 heteroatoms. The van der Waals surface area contributed by atoms with E-state index in [0.717, 1.165) is 112 Å². The molecular weight excluding hydrogens is 563 g/mol.